The fraction of sp³-hybridized carbons (Fsp3) is 0.200. The lowest BCUT2D eigenvalue weighted by Gasteiger charge is -2.11. The van der Waals surface area contributed by atoms with Crippen LogP contribution in [-0.4, -0.2) is 14.2 Å². The summed E-state index contributed by atoms with van der Waals surface area (Å²) in [5.74, 6) is 1.42. The van der Waals surface area contributed by atoms with Crippen LogP contribution in [0.4, 0.5) is 5.69 Å². The summed E-state index contributed by atoms with van der Waals surface area (Å²) in [7, 11) is 3.25. The molecule has 0 aliphatic carbocycles. The molecule has 0 saturated carbocycles. The molecule has 0 fully saturated rings. The number of rotatable bonds is 3. The number of ether oxygens (including phenoxy) is 2. The second kappa shape index (κ2) is 5.00. The second-order valence-corrected chi connectivity index (χ2v) is 4.16. The Kier molecular flexibility index (Phi) is 3.42. The molecule has 0 aromatic heterocycles. The van der Waals surface area contributed by atoms with E-state index >= 15 is 0 Å². The van der Waals surface area contributed by atoms with Crippen LogP contribution in [-0.2, 0) is 0 Å². The van der Waals surface area contributed by atoms with E-state index in [1.54, 1.807) is 14.2 Å². The summed E-state index contributed by atoms with van der Waals surface area (Å²) in [5, 5.41) is 0. The summed E-state index contributed by atoms with van der Waals surface area (Å²) in [6.45, 7) is 2.05. The first-order valence-corrected chi connectivity index (χ1v) is 5.74. The zero-order valence-electron chi connectivity index (χ0n) is 10.9. The molecule has 0 saturated heterocycles. The molecular weight excluding hydrogens is 226 g/mol. The van der Waals surface area contributed by atoms with Crippen LogP contribution in [0.5, 0.6) is 11.5 Å². The van der Waals surface area contributed by atoms with Gasteiger partial charge < -0.3 is 15.2 Å². The van der Waals surface area contributed by atoms with Gasteiger partial charge in [0.15, 0.2) is 11.5 Å². The summed E-state index contributed by atoms with van der Waals surface area (Å²) in [5.41, 5.74) is 9.98. The van der Waals surface area contributed by atoms with E-state index in [-0.39, 0.29) is 0 Å². The Morgan fingerprint density at radius 1 is 0.889 bits per heavy atom. The molecule has 2 aromatic rings. The maximum Gasteiger partial charge on any atom is 0.161 e. The third-order valence-corrected chi connectivity index (χ3v) is 2.90. The van der Waals surface area contributed by atoms with Gasteiger partial charge in [-0.1, -0.05) is 17.7 Å². The largest absolute Gasteiger partial charge is 0.493 e. The summed E-state index contributed by atoms with van der Waals surface area (Å²) in [4.78, 5) is 0. The Morgan fingerprint density at radius 3 is 2.28 bits per heavy atom. The zero-order chi connectivity index (χ0) is 13.1. The van der Waals surface area contributed by atoms with Gasteiger partial charge in [-0.15, -0.1) is 0 Å². The SMILES string of the molecule is COc1ccc(-c2cc(C)ccc2N)cc1OC. The van der Waals surface area contributed by atoms with Gasteiger partial charge in [0.2, 0.25) is 0 Å². The van der Waals surface area contributed by atoms with Crippen molar-refractivity contribution in [2.24, 2.45) is 0 Å². The Morgan fingerprint density at radius 2 is 1.61 bits per heavy atom. The number of methoxy groups -OCH3 is 2. The van der Waals surface area contributed by atoms with Gasteiger partial charge in [0, 0.05) is 11.3 Å². The predicted molar refractivity (Wildman–Crippen MR) is 74.1 cm³/mol. The highest BCUT2D eigenvalue weighted by Gasteiger charge is 2.08. The molecule has 0 spiro atoms. The minimum Gasteiger partial charge on any atom is -0.493 e. The fourth-order valence-electron chi connectivity index (χ4n) is 1.92. The Balaban J connectivity index is 2.54. The molecule has 18 heavy (non-hydrogen) atoms. The molecular formula is C15H17NO2. The first kappa shape index (κ1) is 12.3. The van der Waals surface area contributed by atoms with Gasteiger partial charge in [0.05, 0.1) is 14.2 Å². The van der Waals surface area contributed by atoms with Crippen molar-refractivity contribution in [2.75, 3.05) is 20.0 Å². The molecule has 2 N–H and O–H groups in total. The maximum absolute atomic E-state index is 6.01. The van der Waals surface area contributed by atoms with Gasteiger partial charge in [0.1, 0.15) is 0 Å². The van der Waals surface area contributed by atoms with Crippen molar-refractivity contribution in [2.45, 2.75) is 6.92 Å². The Labute approximate surface area is 107 Å². The Bertz CT molecular complexity index is 564. The van der Waals surface area contributed by atoms with E-state index in [0.29, 0.717) is 11.5 Å². The second-order valence-electron chi connectivity index (χ2n) is 4.16. The van der Waals surface area contributed by atoms with Gasteiger partial charge >= 0.3 is 0 Å². The van der Waals surface area contributed by atoms with Gasteiger partial charge in [-0.25, -0.2) is 0 Å². The molecule has 0 amide bonds. The van der Waals surface area contributed by atoms with Crippen molar-refractivity contribution in [1.82, 2.24) is 0 Å². The maximum atomic E-state index is 6.01. The third kappa shape index (κ3) is 2.25. The van der Waals surface area contributed by atoms with Crippen LogP contribution < -0.4 is 15.2 Å². The average Bonchev–Trinajstić information content (AvgIpc) is 2.40. The van der Waals surface area contributed by atoms with Crippen LogP contribution in [0.3, 0.4) is 0 Å². The monoisotopic (exact) mass is 243 g/mol. The molecule has 0 unspecified atom stereocenters. The van der Waals surface area contributed by atoms with E-state index in [0.717, 1.165) is 16.8 Å². The molecule has 3 nitrogen and oxygen atoms in total. The number of hydrogen-bond acceptors (Lipinski definition) is 3. The fourth-order valence-corrected chi connectivity index (χ4v) is 1.92. The summed E-state index contributed by atoms with van der Waals surface area (Å²) in [6, 6.07) is 11.8. The van der Waals surface area contributed by atoms with E-state index in [2.05, 4.69) is 6.07 Å². The van der Waals surface area contributed by atoms with Gasteiger partial charge in [-0.3, -0.25) is 0 Å². The Hall–Kier alpha value is -2.16. The number of benzene rings is 2. The first-order chi connectivity index (χ1) is 8.65. The van der Waals surface area contributed by atoms with Crippen LogP contribution >= 0.6 is 0 Å². The normalized spacial score (nSPS) is 10.2. The standard InChI is InChI=1S/C15H17NO2/c1-10-4-6-13(16)12(8-10)11-5-7-14(17-2)15(9-11)18-3/h4-9H,16H2,1-3H3. The van der Waals surface area contributed by atoms with Crippen LogP contribution in [0.25, 0.3) is 11.1 Å². The summed E-state index contributed by atoms with van der Waals surface area (Å²) in [6.07, 6.45) is 0. The minimum atomic E-state index is 0.705. The highest BCUT2D eigenvalue weighted by molar-refractivity contribution is 5.78. The van der Waals surface area contributed by atoms with Crippen LogP contribution in [0.15, 0.2) is 36.4 Å². The molecule has 0 bridgehead atoms. The molecule has 0 aliphatic heterocycles. The van der Waals surface area contributed by atoms with Crippen molar-refractivity contribution in [3.05, 3.63) is 42.0 Å². The molecule has 0 heterocycles. The van der Waals surface area contributed by atoms with E-state index in [9.17, 15) is 0 Å². The quantitative estimate of drug-likeness (QED) is 0.841. The van der Waals surface area contributed by atoms with Crippen LogP contribution in [0, 0.1) is 6.92 Å². The molecule has 0 radical (unpaired) electrons. The zero-order valence-corrected chi connectivity index (χ0v) is 10.9. The molecule has 3 heteroatoms. The molecule has 0 aliphatic rings. The van der Waals surface area contributed by atoms with Crippen LogP contribution in [0.2, 0.25) is 0 Å². The van der Waals surface area contributed by atoms with Gasteiger partial charge in [0.25, 0.3) is 0 Å². The van der Waals surface area contributed by atoms with Crippen LogP contribution in [0.1, 0.15) is 5.56 Å². The molecule has 94 valence electrons. The minimum absolute atomic E-state index is 0.705. The highest BCUT2D eigenvalue weighted by Crippen LogP contribution is 2.34. The van der Waals surface area contributed by atoms with E-state index in [1.807, 2.05) is 37.3 Å². The van der Waals surface area contributed by atoms with E-state index in [4.69, 9.17) is 15.2 Å². The van der Waals surface area contributed by atoms with Crippen molar-refractivity contribution in [3.8, 4) is 22.6 Å². The molecule has 2 rings (SSSR count). The van der Waals surface area contributed by atoms with E-state index < -0.39 is 0 Å². The topological polar surface area (TPSA) is 44.5 Å². The predicted octanol–water partition coefficient (Wildman–Crippen LogP) is 3.26. The molecule has 0 atom stereocenters. The van der Waals surface area contributed by atoms with Crippen molar-refractivity contribution in [3.63, 3.8) is 0 Å². The molecule has 2 aromatic carbocycles. The number of nitrogens with two attached hydrogens (primary N) is 1. The first-order valence-electron chi connectivity index (χ1n) is 5.74. The summed E-state index contributed by atoms with van der Waals surface area (Å²) >= 11 is 0. The lowest BCUT2D eigenvalue weighted by atomic mass is 10.0. The number of anilines is 1. The van der Waals surface area contributed by atoms with Gasteiger partial charge in [-0.2, -0.15) is 0 Å². The number of aryl methyl sites for hydroxylation is 1. The van der Waals surface area contributed by atoms with E-state index in [1.165, 1.54) is 5.56 Å². The lowest BCUT2D eigenvalue weighted by molar-refractivity contribution is 0.355. The van der Waals surface area contributed by atoms with Crippen molar-refractivity contribution < 1.29 is 9.47 Å². The van der Waals surface area contributed by atoms with Crippen molar-refractivity contribution >= 4 is 5.69 Å². The summed E-state index contributed by atoms with van der Waals surface area (Å²) < 4.78 is 10.5. The highest BCUT2D eigenvalue weighted by atomic mass is 16.5. The number of nitrogen functional groups attached to an aromatic ring is 1. The van der Waals surface area contributed by atoms with Gasteiger partial charge in [-0.05, 0) is 36.8 Å². The van der Waals surface area contributed by atoms with Crippen molar-refractivity contribution in [1.29, 1.82) is 0 Å². The number of hydrogen-bond donors (Lipinski definition) is 1. The smallest absolute Gasteiger partial charge is 0.161 e. The third-order valence-electron chi connectivity index (χ3n) is 2.90. The lowest BCUT2D eigenvalue weighted by Crippen LogP contribution is -1.93. The average molecular weight is 243 g/mol.